The number of rotatable bonds is 7. The highest BCUT2D eigenvalue weighted by molar-refractivity contribution is 5.94. The lowest BCUT2D eigenvalue weighted by atomic mass is 10.1. The molecule has 0 spiro atoms. The number of carbonyl (C=O) groups excluding carboxylic acids is 1. The van der Waals surface area contributed by atoms with Crippen molar-refractivity contribution in [3.63, 3.8) is 0 Å². The number of amides is 1. The van der Waals surface area contributed by atoms with Crippen molar-refractivity contribution in [3.8, 4) is 5.75 Å². The van der Waals surface area contributed by atoms with E-state index in [2.05, 4.69) is 20.9 Å². The molecule has 3 N–H and O–H groups in total. The SMILES string of the molecule is CN=C(NCC(=O)Nc1ccc(F)cc1)NCc1ccc(C)cc1OC(C)C. The van der Waals surface area contributed by atoms with Gasteiger partial charge in [0.2, 0.25) is 5.91 Å². The Kier molecular flexibility index (Phi) is 7.80. The number of nitrogens with one attached hydrogen (secondary N) is 3. The first-order valence-electron chi connectivity index (χ1n) is 9.13. The number of ether oxygens (including phenoxy) is 1. The van der Waals surface area contributed by atoms with Gasteiger partial charge in [-0.05, 0) is 56.7 Å². The van der Waals surface area contributed by atoms with Crippen molar-refractivity contribution in [1.82, 2.24) is 10.6 Å². The molecule has 0 atom stereocenters. The van der Waals surface area contributed by atoms with Crippen LogP contribution in [0.1, 0.15) is 25.0 Å². The number of halogens is 1. The number of carbonyl (C=O) groups is 1. The van der Waals surface area contributed by atoms with E-state index in [1.165, 1.54) is 24.3 Å². The fourth-order valence-corrected chi connectivity index (χ4v) is 2.47. The van der Waals surface area contributed by atoms with E-state index in [1.54, 1.807) is 7.05 Å². The van der Waals surface area contributed by atoms with Crippen molar-refractivity contribution in [2.24, 2.45) is 4.99 Å². The van der Waals surface area contributed by atoms with Crippen LogP contribution in [0.15, 0.2) is 47.5 Å². The summed E-state index contributed by atoms with van der Waals surface area (Å²) in [7, 11) is 1.63. The highest BCUT2D eigenvalue weighted by atomic mass is 19.1. The minimum absolute atomic E-state index is 0.0281. The van der Waals surface area contributed by atoms with E-state index in [-0.39, 0.29) is 24.4 Å². The Balaban J connectivity index is 1.87. The molecule has 1 amide bonds. The number of nitrogens with zero attached hydrogens (tertiary/aromatic N) is 1. The van der Waals surface area contributed by atoms with Gasteiger partial charge < -0.3 is 20.7 Å². The maximum atomic E-state index is 12.9. The van der Waals surface area contributed by atoms with Crippen molar-refractivity contribution in [3.05, 3.63) is 59.4 Å². The zero-order valence-corrected chi connectivity index (χ0v) is 16.7. The largest absolute Gasteiger partial charge is 0.491 e. The average Bonchev–Trinajstić information content (AvgIpc) is 2.64. The predicted octanol–water partition coefficient (Wildman–Crippen LogP) is 3.23. The summed E-state index contributed by atoms with van der Waals surface area (Å²) in [6.45, 7) is 6.52. The number of aryl methyl sites for hydroxylation is 1. The van der Waals surface area contributed by atoms with Crippen LogP contribution in [0.5, 0.6) is 5.75 Å². The summed E-state index contributed by atoms with van der Waals surface area (Å²) in [6, 6.07) is 11.6. The summed E-state index contributed by atoms with van der Waals surface area (Å²) in [5.74, 6) is 0.712. The van der Waals surface area contributed by atoms with Crippen LogP contribution >= 0.6 is 0 Å². The molecule has 28 heavy (non-hydrogen) atoms. The first-order valence-corrected chi connectivity index (χ1v) is 9.13. The fourth-order valence-electron chi connectivity index (χ4n) is 2.47. The van der Waals surface area contributed by atoms with Crippen molar-refractivity contribution in [2.45, 2.75) is 33.4 Å². The Labute approximate surface area is 165 Å². The third-order valence-corrected chi connectivity index (χ3v) is 3.80. The molecule has 0 unspecified atom stereocenters. The summed E-state index contributed by atoms with van der Waals surface area (Å²) < 4.78 is 18.8. The second kappa shape index (κ2) is 10.3. The van der Waals surface area contributed by atoms with Crippen LogP contribution in [0.4, 0.5) is 10.1 Å². The Hall–Kier alpha value is -3.09. The lowest BCUT2D eigenvalue weighted by molar-refractivity contribution is -0.115. The molecule has 0 saturated heterocycles. The number of guanidine groups is 1. The molecule has 0 aliphatic carbocycles. The fraction of sp³-hybridized carbons (Fsp3) is 0.333. The van der Waals surface area contributed by atoms with Gasteiger partial charge in [-0.2, -0.15) is 0 Å². The normalized spacial score (nSPS) is 11.3. The summed E-state index contributed by atoms with van der Waals surface area (Å²) in [4.78, 5) is 16.2. The monoisotopic (exact) mass is 386 g/mol. The molecule has 2 aromatic carbocycles. The highest BCUT2D eigenvalue weighted by Gasteiger charge is 2.09. The molecule has 0 saturated carbocycles. The van der Waals surface area contributed by atoms with E-state index in [0.29, 0.717) is 18.2 Å². The topological polar surface area (TPSA) is 74.8 Å². The first-order chi connectivity index (χ1) is 13.4. The zero-order chi connectivity index (χ0) is 20.5. The standard InChI is InChI=1S/C21H27FN4O2/c1-14(2)28-19-11-15(3)5-6-16(19)12-24-21(23-4)25-13-20(27)26-18-9-7-17(22)8-10-18/h5-11,14H,12-13H2,1-4H3,(H,26,27)(H2,23,24,25). The summed E-state index contributed by atoms with van der Waals surface area (Å²) in [5.41, 5.74) is 2.66. The Morgan fingerprint density at radius 3 is 2.50 bits per heavy atom. The number of anilines is 1. The van der Waals surface area contributed by atoms with E-state index < -0.39 is 0 Å². The van der Waals surface area contributed by atoms with Crippen molar-refractivity contribution < 1.29 is 13.9 Å². The van der Waals surface area contributed by atoms with Crippen LogP contribution in [0.2, 0.25) is 0 Å². The van der Waals surface area contributed by atoms with Crippen molar-refractivity contribution >= 4 is 17.6 Å². The number of hydrogen-bond donors (Lipinski definition) is 3. The molecule has 0 fully saturated rings. The van der Waals surface area contributed by atoms with Crippen LogP contribution in [-0.4, -0.2) is 31.6 Å². The van der Waals surface area contributed by atoms with Crippen LogP contribution < -0.4 is 20.7 Å². The van der Waals surface area contributed by atoms with Crippen LogP contribution in [-0.2, 0) is 11.3 Å². The predicted molar refractivity (Wildman–Crippen MR) is 110 cm³/mol. The number of hydrogen-bond acceptors (Lipinski definition) is 3. The van der Waals surface area contributed by atoms with Crippen LogP contribution in [0, 0.1) is 12.7 Å². The third kappa shape index (κ3) is 6.90. The van der Waals surface area contributed by atoms with Crippen molar-refractivity contribution in [2.75, 3.05) is 18.9 Å². The molecular formula is C21H27FN4O2. The minimum Gasteiger partial charge on any atom is -0.491 e. The molecule has 2 rings (SSSR count). The molecule has 0 aliphatic heterocycles. The summed E-state index contributed by atoms with van der Waals surface area (Å²) in [6.07, 6.45) is 0.0770. The molecular weight excluding hydrogens is 359 g/mol. The van der Waals surface area contributed by atoms with Gasteiger partial charge in [0.25, 0.3) is 0 Å². The van der Waals surface area contributed by atoms with Gasteiger partial charge in [-0.25, -0.2) is 4.39 Å². The maximum Gasteiger partial charge on any atom is 0.243 e. The average molecular weight is 386 g/mol. The molecule has 0 bridgehead atoms. The van der Waals surface area contributed by atoms with E-state index in [1.807, 2.05) is 39.0 Å². The molecule has 2 aromatic rings. The Morgan fingerprint density at radius 2 is 1.86 bits per heavy atom. The molecule has 150 valence electrons. The minimum atomic E-state index is -0.349. The van der Waals surface area contributed by atoms with Crippen LogP contribution in [0.3, 0.4) is 0 Å². The van der Waals surface area contributed by atoms with Gasteiger partial charge in [-0.3, -0.25) is 9.79 Å². The van der Waals surface area contributed by atoms with Gasteiger partial charge in [-0.1, -0.05) is 12.1 Å². The van der Waals surface area contributed by atoms with Crippen molar-refractivity contribution in [1.29, 1.82) is 0 Å². The Morgan fingerprint density at radius 1 is 1.14 bits per heavy atom. The van der Waals surface area contributed by atoms with Gasteiger partial charge in [0, 0.05) is 24.8 Å². The first kappa shape index (κ1) is 21.2. The summed E-state index contributed by atoms with van der Waals surface area (Å²) >= 11 is 0. The van der Waals surface area contributed by atoms with Gasteiger partial charge in [0.15, 0.2) is 5.96 Å². The van der Waals surface area contributed by atoms with Gasteiger partial charge in [0.05, 0.1) is 12.6 Å². The summed E-state index contributed by atoms with van der Waals surface area (Å²) in [5, 5.41) is 8.82. The zero-order valence-electron chi connectivity index (χ0n) is 16.7. The van der Waals surface area contributed by atoms with E-state index in [9.17, 15) is 9.18 Å². The molecule has 0 aromatic heterocycles. The van der Waals surface area contributed by atoms with Crippen LogP contribution in [0.25, 0.3) is 0 Å². The second-order valence-electron chi connectivity index (χ2n) is 6.61. The molecule has 0 radical (unpaired) electrons. The van der Waals surface area contributed by atoms with Gasteiger partial charge in [0.1, 0.15) is 11.6 Å². The number of aliphatic imine (C=N–C) groups is 1. The third-order valence-electron chi connectivity index (χ3n) is 3.80. The number of benzene rings is 2. The highest BCUT2D eigenvalue weighted by Crippen LogP contribution is 2.21. The lowest BCUT2D eigenvalue weighted by Gasteiger charge is -2.17. The van der Waals surface area contributed by atoms with E-state index >= 15 is 0 Å². The lowest BCUT2D eigenvalue weighted by Crippen LogP contribution is -2.41. The maximum absolute atomic E-state index is 12.9. The smallest absolute Gasteiger partial charge is 0.243 e. The molecule has 0 heterocycles. The quantitative estimate of drug-likeness (QED) is 0.505. The molecule has 7 heteroatoms. The molecule has 6 nitrogen and oxygen atoms in total. The van der Waals surface area contributed by atoms with Gasteiger partial charge >= 0.3 is 0 Å². The van der Waals surface area contributed by atoms with E-state index in [0.717, 1.165) is 16.9 Å². The second-order valence-corrected chi connectivity index (χ2v) is 6.61. The Bertz CT molecular complexity index is 820. The van der Waals surface area contributed by atoms with Gasteiger partial charge in [-0.15, -0.1) is 0 Å². The van der Waals surface area contributed by atoms with E-state index in [4.69, 9.17) is 4.74 Å². The molecule has 0 aliphatic rings.